The quantitative estimate of drug-likeness (QED) is 0.627. The third kappa shape index (κ3) is 1.77. The van der Waals surface area contributed by atoms with Gasteiger partial charge in [0.25, 0.3) is 0 Å². The average molecular weight is 272 g/mol. The summed E-state index contributed by atoms with van der Waals surface area (Å²) in [6.07, 6.45) is 5.12. The van der Waals surface area contributed by atoms with Crippen molar-refractivity contribution in [2.24, 2.45) is 0 Å². The molecular weight excluding hydrogens is 267 g/mol. The van der Waals surface area contributed by atoms with Crippen LogP contribution in [0.4, 0.5) is 0 Å². The predicted molar refractivity (Wildman–Crippen MR) is 54.1 cm³/mol. The minimum atomic E-state index is -0.948. The summed E-state index contributed by atoms with van der Waals surface area (Å²) in [6, 6.07) is 4.90. The molecule has 0 fully saturated rings. The fraction of sp³-hybridized carbons (Fsp3) is 0. The van der Waals surface area contributed by atoms with Gasteiger partial charge in [-0.2, -0.15) is 0 Å². The van der Waals surface area contributed by atoms with Gasteiger partial charge < -0.3 is 5.11 Å². The first-order valence-corrected chi connectivity index (χ1v) is 4.22. The van der Waals surface area contributed by atoms with Gasteiger partial charge in [0.15, 0.2) is 0 Å². The van der Waals surface area contributed by atoms with Crippen LogP contribution in [0.1, 0.15) is 15.9 Å². The molecule has 12 heavy (non-hydrogen) atoms. The van der Waals surface area contributed by atoms with Gasteiger partial charge in [-0.05, 0) is 40.8 Å². The van der Waals surface area contributed by atoms with Crippen LogP contribution in [-0.2, 0) is 0 Å². The van der Waals surface area contributed by atoms with Gasteiger partial charge in [0.2, 0.25) is 0 Å². The van der Waals surface area contributed by atoms with Crippen molar-refractivity contribution in [3.05, 3.63) is 32.9 Å². The smallest absolute Gasteiger partial charge is 0.336 e. The van der Waals surface area contributed by atoms with Gasteiger partial charge in [0.1, 0.15) is 0 Å². The number of carboxylic acids is 1. The molecule has 2 nitrogen and oxygen atoms in total. The average Bonchev–Trinajstić information content (AvgIpc) is 2.05. The Morgan fingerprint density at radius 1 is 1.58 bits per heavy atom. The van der Waals surface area contributed by atoms with Crippen molar-refractivity contribution in [3.63, 3.8) is 0 Å². The molecular formula is C9H5IO2. The third-order valence-corrected chi connectivity index (χ3v) is 2.30. The number of hydrogen-bond donors (Lipinski definition) is 1. The van der Waals surface area contributed by atoms with Crippen LogP contribution in [0.15, 0.2) is 18.2 Å². The number of carbonyl (C=O) groups is 1. The van der Waals surface area contributed by atoms with Crippen LogP contribution in [0, 0.1) is 15.9 Å². The second kappa shape index (κ2) is 3.59. The number of aromatic carboxylic acids is 1. The molecule has 0 radical (unpaired) electrons. The van der Waals surface area contributed by atoms with E-state index in [2.05, 4.69) is 5.92 Å². The summed E-state index contributed by atoms with van der Waals surface area (Å²) < 4.78 is 0.694. The molecule has 0 bridgehead atoms. The Morgan fingerprint density at radius 3 is 2.75 bits per heavy atom. The second-order valence-electron chi connectivity index (χ2n) is 2.14. The Labute approximate surface area is 83.7 Å². The summed E-state index contributed by atoms with van der Waals surface area (Å²) in [5.74, 6) is 1.44. The molecule has 0 atom stereocenters. The van der Waals surface area contributed by atoms with Gasteiger partial charge in [-0.15, -0.1) is 6.42 Å². The lowest BCUT2D eigenvalue weighted by Crippen LogP contribution is -1.99. The Balaban J connectivity index is 3.28. The van der Waals surface area contributed by atoms with Crippen LogP contribution in [0.3, 0.4) is 0 Å². The molecule has 0 aliphatic rings. The number of hydrogen-bond acceptors (Lipinski definition) is 1. The van der Waals surface area contributed by atoms with Crippen LogP contribution >= 0.6 is 22.6 Å². The highest BCUT2D eigenvalue weighted by molar-refractivity contribution is 14.1. The van der Waals surface area contributed by atoms with E-state index in [9.17, 15) is 4.79 Å². The lowest BCUT2D eigenvalue weighted by molar-refractivity contribution is 0.0695. The molecule has 0 spiro atoms. The number of halogens is 1. The van der Waals surface area contributed by atoms with E-state index < -0.39 is 5.97 Å². The highest BCUT2D eigenvalue weighted by Gasteiger charge is 2.07. The highest BCUT2D eigenvalue weighted by Crippen LogP contribution is 2.13. The zero-order chi connectivity index (χ0) is 9.14. The molecule has 0 unspecified atom stereocenters. The summed E-state index contributed by atoms with van der Waals surface area (Å²) in [7, 11) is 0. The molecule has 3 heteroatoms. The van der Waals surface area contributed by atoms with Crippen LogP contribution < -0.4 is 0 Å². The zero-order valence-electron chi connectivity index (χ0n) is 6.04. The fourth-order valence-electron chi connectivity index (χ4n) is 0.779. The van der Waals surface area contributed by atoms with E-state index in [0.717, 1.165) is 0 Å². The third-order valence-electron chi connectivity index (χ3n) is 1.36. The molecule has 0 aliphatic carbocycles. The Bertz CT molecular complexity index is 363. The first-order valence-electron chi connectivity index (χ1n) is 3.14. The van der Waals surface area contributed by atoms with E-state index in [1.54, 1.807) is 12.1 Å². The van der Waals surface area contributed by atoms with E-state index in [4.69, 9.17) is 11.5 Å². The molecule has 1 N–H and O–H groups in total. The zero-order valence-corrected chi connectivity index (χ0v) is 8.20. The largest absolute Gasteiger partial charge is 0.478 e. The highest BCUT2D eigenvalue weighted by atomic mass is 127. The first-order chi connectivity index (χ1) is 5.65. The van der Waals surface area contributed by atoms with Crippen molar-refractivity contribution in [2.75, 3.05) is 0 Å². The summed E-state index contributed by atoms with van der Waals surface area (Å²) in [6.45, 7) is 0. The van der Waals surface area contributed by atoms with Gasteiger partial charge in [0.05, 0.1) is 5.56 Å². The van der Waals surface area contributed by atoms with Gasteiger partial charge in [-0.3, -0.25) is 0 Å². The topological polar surface area (TPSA) is 37.3 Å². The molecule has 0 saturated carbocycles. The van der Waals surface area contributed by atoms with Crippen LogP contribution in [0.2, 0.25) is 0 Å². The minimum Gasteiger partial charge on any atom is -0.478 e. The molecule has 0 aromatic heterocycles. The van der Waals surface area contributed by atoms with E-state index >= 15 is 0 Å². The van der Waals surface area contributed by atoms with Gasteiger partial charge >= 0.3 is 5.97 Å². The number of rotatable bonds is 1. The Kier molecular flexibility index (Phi) is 2.71. The molecule has 1 rings (SSSR count). The van der Waals surface area contributed by atoms with Crippen molar-refractivity contribution in [1.82, 2.24) is 0 Å². The van der Waals surface area contributed by atoms with Crippen LogP contribution in [-0.4, -0.2) is 11.1 Å². The lowest BCUT2D eigenvalue weighted by Gasteiger charge is -1.98. The van der Waals surface area contributed by atoms with Crippen molar-refractivity contribution in [2.45, 2.75) is 0 Å². The van der Waals surface area contributed by atoms with Crippen LogP contribution in [0.5, 0.6) is 0 Å². The molecule has 1 aromatic carbocycles. The monoisotopic (exact) mass is 272 g/mol. The summed E-state index contributed by atoms with van der Waals surface area (Å²) in [5.41, 5.74) is 0.846. The maximum atomic E-state index is 10.6. The van der Waals surface area contributed by atoms with Crippen molar-refractivity contribution in [1.29, 1.82) is 0 Å². The van der Waals surface area contributed by atoms with Crippen LogP contribution in [0.25, 0.3) is 0 Å². The van der Waals surface area contributed by atoms with E-state index in [1.165, 1.54) is 6.07 Å². The summed E-state index contributed by atoms with van der Waals surface area (Å²) in [5, 5.41) is 8.71. The SMILES string of the molecule is C#Cc1ccc(I)c(C(=O)O)c1. The van der Waals surface area contributed by atoms with Gasteiger partial charge in [-0.1, -0.05) is 5.92 Å². The fourth-order valence-corrected chi connectivity index (χ4v) is 1.35. The Morgan fingerprint density at radius 2 is 2.25 bits per heavy atom. The normalized spacial score (nSPS) is 9.00. The lowest BCUT2D eigenvalue weighted by atomic mass is 10.1. The van der Waals surface area contributed by atoms with E-state index in [-0.39, 0.29) is 5.56 Å². The number of carboxylic acid groups (broad SMARTS) is 1. The maximum Gasteiger partial charge on any atom is 0.336 e. The van der Waals surface area contributed by atoms with E-state index in [0.29, 0.717) is 9.13 Å². The second-order valence-corrected chi connectivity index (χ2v) is 3.31. The maximum absolute atomic E-state index is 10.6. The van der Waals surface area contributed by atoms with E-state index in [1.807, 2.05) is 22.6 Å². The summed E-state index contributed by atoms with van der Waals surface area (Å²) >= 11 is 1.96. The standard InChI is InChI=1S/C9H5IO2/c1-2-6-3-4-8(10)7(5-6)9(11)12/h1,3-5H,(H,11,12). The van der Waals surface area contributed by atoms with Gasteiger partial charge in [0, 0.05) is 9.13 Å². The van der Waals surface area contributed by atoms with Gasteiger partial charge in [-0.25, -0.2) is 4.79 Å². The number of terminal acetylenes is 1. The number of benzene rings is 1. The molecule has 0 aliphatic heterocycles. The first kappa shape index (κ1) is 9.07. The van der Waals surface area contributed by atoms with Crippen molar-refractivity contribution in [3.8, 4) is 12.3 Å². The predicted octanol–water partition coefficient (Wildman–Crippen LogP) is 1.97. The minimum absolute atomic E-state index is 0.256. The molecule has 0 amide bonds. The molecule has 60 valence electrons. The van der Waals surface area contributed by atoms with Crippen molar-refractivity contribution >= 4 is 28.6 Å². The molecule has 0 saturated heterocycles. The van der Waals surface area contributed by atoms with Crippen molar-refractivity contribution < 1.29 is 9.90 Å². The molecule has 1 aromatic rings. The summed E-state index contributed by atoms with van der Waals surface area (Å²) in [4.78, 5) is 10.6. The molecule has 0 heterocycles. The Hall–Kier alpha value is -1.02.